The number of rotatable bonds is 7. The lowest BCUT2D eigenvalue weighted by Gasteiger charge is -2.27. The first kappa shape index (κ1) is 23.9. The largest absolute Gasteiger partial charge is 0.507 e. The number of aryl methyl sites for hydroxylation is 1. The van der Waals surface area contributed by atoms with Gasteiger partial charge in [0.2, 0.25) is 0 Å². The van der Waals surface area contributed by atoms with Gasteiger partial charge < -0.3 is 19.3 Å². The summed E-state index contributed by atoms with van der Waals surface area (Å²) < 4.78 is 16.3. The van der Waals surface area contributed by atoms with Crippen molar-refractivity contribution in [3.8, 4) is 17.2 Å². The van der Waals surface area contributed by atoms with Crippen LogP contribution in [0.5, 0.6) is 17.2 Å². The van der Waals surface area contributed by atoms with E-state index in [1.54, 1.807) is 42.5 Å². The molecule has 1 aliphatic heterocycles. The number of carbonyl (C=O) groups excluding carboxylic acids is 2. The number of ketones is 1. The Kier molecular flexibility index (Phi) is 6.78. The Hall–Kier alpha value is -4.26. The molecule has 3 aromatic carbocycles. The Bertz CT molecular complexity index is 1310. The highest BCUT2D eigenvalue weighted by Crippen LogP contribution is 2.44. The summed E-state index contributed by atoms with van der Waals surface area (Å²) in [7, 11) is 2.98. The van der Waals surface area contributed by atoms with Crippen molar-refractivity contribution in [1.29, 1.82) is 0 Å². The van der Waals surface area contributed by atoms with Crippen molar-refractivity contribution in [2.24, 2.45) is 0 Å². The van der Waals surface area contributed by atoms with Crippen molar-refractivity contribution in [3.63, 3.8) is 0 Å². The number of hydrogen-bond acceptors (Lipinski definition) is 6. The molecule has 4 rings (SSSR count). The number of nitrogens with zero attached hydrogens (tertiary/aromatic N) is 1. The average molecular weight is 474 g/mol. The Labute approximate surface area is 204 Å². The van der Waals surface area contributed by atoms with Gasteiger partial charge in [-0.05, 0) is 49.2 Å². The standard InChI is InChI=1S/C28H27NO6/c1-5-35-20-11-8-10-18(15-20)29-25(21-12-7-6-9-17(21)2)24(27(31)28(29)32)26(30)22-14-13-19(33-3)16-23(22)34-4/h6-16,25,30H,5H2,1-4H3/b26-24+. The molecule has 1 N–H and O–H groups in total. The van der Waals surface area contributed by atoms with Crippen molar-refractivity contribution < 1.29 is 28.9 Å². The van der Waals surface area contributed by atoms with Crippen LogP contribution in [0.2, 0.25) is 0 Å². The van der Waals surface area contributed by atoms with Gasteiger partial charge in [-0.1, -0.05) is 30.3 Å². The number of Topliss-reactive ketones (excluding diaryl/α,β-unsaturated/α-hetero) is 1. The van der Waals surface area contributed by atoms with Crippen LogP contribution < -0.4 is 19.1 Å². The molecule has 1 amide bonds. The molecule has 0 aliphatic carbocycles. The van der Waals surface area contributed by atoms with Gasteiger partial charge in [0.25, 0.3) is 11.7 Å². The van der Waals surface area contributed by atoms with Crippen molar-refractivity contribution in [1.82, 2.24) is 0 Å². The van der Waals surface area contributed by atoms with Gasteiger partial charge in [0, 0.05) is 17.8 Å². The highest BCUT2D eigenvalue weighted by molar-refractivity contribution is 6.51. The third kappa shape index (κ3) is 4.33. The summed E-state index contributed by atoms with van der Waals surface area (Å²) in [6, 6.07) is 18.5. The number of amides is 1. The van der Waals surface area contributed by atoms with E-state index >= 15 is 0 Å². The van der Waals surface area contributed by atoms with Gasteiger partial charge in [-0.15, -0.1) is 0 Å². The van der Waals surface area contributed by atoms with E-state index in [1.807, 2.05) is 38.1 Å². The molecule has 1 atom stereocenters. The third-order valence-electron chi connectivity index (χ3n) is 6.00. The number of hydrogen-bond donors (Lipinski definition) is 1. The quantitative estimate of drug-likeness (QED) is 0.294. The lowest BCUT2D eigenvalue weighted by Crippen LogP contribution is -2.29. The van der Waals surface area contributed by atoms with Crippen LogP contribution in [0, 0.1) is 6.92 Å². The van der Waals surface area contributed by atoms with E-state index in [2.05, 4.69) is 0 Å². The van der Waals surface area contributed by atoms with Crippen LogP contribution in [-0.2, 0) is 9.59 Å². The number of methoxy groups -OCH3 is 2. The summed E-state index contributed by atoms with van der Waals surface area (Å²) in [5.74, 6) is -0.417. The third-order valence-corrected chi connectivity index (χ3v) is 6.00. The maximum atomic E-state index is 13.4. The second kappa shape index (κ2) is 9.93. The highest BCUT2D eigenvalue weighted by atomic mass is 16.5. The highest BCUT2D eigenvalue weighted by Gasteiger charge is 2.47. The zero-order valence-electron chi connectivity index (χ0n) is 20.1. The fourth-order valence-corrected chi connectivity index (χ4v) is 4.32. The van der Waals surface area contributed by atoms with Crippen LogP contribution in [0.3, 0.4) is 0 Å². The maximum absolute atomic E-state index is 13.4. The molecule has 1 heterocycles. The molecule has 1 fully saturated rings. The zero-order chi connectivity index (χ0) is 25.1. The van der Waals surface area contributed by atoms with Crippen LogP contribution in [0.1, 0.15) is 29.7 Å². The number of ether oxygens (including phenoxy) is 3. The fourth-order valence-electron chi connectivity index (χ4n) is 4.32. The number of benzene rings is 3. The molecular formula is C28H27NO6. The van der Waals surface area contributed by atoms with Gasteiger partial charge >= 0.3 is 0 Å². The fraction of sp³-hybridized carbons (Fsp3) is 0.214. The van der Waals surface area contributed by atoms with Crippen molar-refractivity contribution in [2.75, 3.05) is 25.7 Å². The van der Waals surface area contributed by atoms with Gasteiger partial charge in [-0.25, -0.2) is 0 Å². The zero-order valence-corrected chi connectivity index (χ0v) is 20.1. The summed E-state index contributed by atoms with van der Waals surface area (Å²) in [5, 5.41) is 11.4. The predicted molar refractivity (Wildman–Crippen MR) is 133 cm³/mol. The summed E-state index contributed by atoms with van der Waals surface area (Å²) in [6.07, 6.45) is 0. The lowest BCUT2D eigenvalue weighted by molar-refractivity contribution is -0.132. The van der Waals surface area contributed by atoms with Gasteiger partial charge in [0.15, 0.2) is 0 Å². The number of carbonyl (C=O) groups is 2. The molecule has 1 unspecified atom stereocenters. The van der Waals surface area contributed by atoms with Gasteiger partial charge in [-0.2, -0.15) is 0 Å². The summed E-state index contributed by atoms with van der Waals surface area (Å²) in [5.41, 5.74) is 2.36. The summed E-state index contributed by atoms with van der Waals surface area (Å²) >= 11 is 0. The summed E-state index contributed by atoms with van der Waals surface area (Å²) in [6.45, 7) is 4.23. The average Bonchev–Trinajstić information content (AvgIpc) is 3.14. The van der Waals surface area contributed by atoms with Gasteiger partial charge in [0.05, 0.1) is 38.0 Å². The summed E-state index contributed by atoms with van der Waals surface area (Å²) in [4.78, 5) is 28.2. The molecule has 180 valence electrons. The lowest BCUT2D eigenvalue weighted by atomic mass is 9.92. The van der Waals surface area contributed by atoms with Gasteiger partial charge in [0.1, 0.15) is 23.0 Å². The first-order valence-electron chi connectivity index (χ1n) is 11.2. The first-order chi connectivity index (χ1) is 16.9. The molecule has 3 aromatic rings. The van der Waals surface area contributed by atoms with Crippen LogP contribution in [0.25, 0.3) is 5.76 Å². The number of aliphatic hydroxyl groups excluding tert-OH is 1. The number of anilines is 1. The van der Waals surface area contributed by atoms with Gasteiger partial charge in [-0.3, -0.25) is 14.5 Å². The SMILES string of the molecule is CCOc1cccc(N2C(=O)C(=O)/C(=C(/O)c3ccc(OC)cc3OC)C2c2ccccc2C)c1. The van der Waals surface area contributed by atoms with E-state index in [0.717, 1.165) is 11.1 Å². The molecule has 35 heavy (non-hydrogen) atoms. The minimum absolute atomic E-state index is 0.0189. The van der Waals surface area contributed by atoms with Crippen LogP contribution in [0.4, 0.5) is 5.69 Å². The molecule has 1 saturated heterocycles. The van der Waals surface area contributed by atoms with Crippen molar-refractivity contribution >= 4 is 23.1 Å². The Morgan fingerprint density at radius 3 is 2.40 bits per heavy atom. The minimum atomic E-state index is -0.847. The van der Waals surface area contributed by atoms with E-state index in [0.29, 0.717) is 29.5 Å². The van der Waals surface area contributed by atoms with Crippen LogP contribution >= 0.6 is 0 Å². The smallest absolute Gasteiger partial charge is 0.300 e. The molecule has 7 nitrogen and oxygen atoms in total. The second-order valence-corrected chi connectivity index (χ2v) is 8.02. The minimum Gasteiger partial charge on any atom is -0.507 e. The van der Waals surface area contributed by atoms with E-state index in [9.17, 15) is 14.7 Å². The predicted octanol–water partition coefficient (Wildman–Crippen LogP) is 5.04. The van der Waals surface area contributed by atoms with Crippen LogP contribution in [0.15, 0.2) is 72.3 Å². The maximum Gasteiger partial charge on any atom is 0.300 e. The molecule has 0 bridgehead atoms. The van der Waals surface area contributed by atoms with E-state index in [-0.39, 0.29) is 16.9 Å². The Balaban J connectivity index is 1.97. The normalized spacial score (nSPS) is 16.9. The second-order valence-electron chi connectivity index (χ2n) is 8.02. The molecule has 0 spiro atoms. The molecule has 0 radical (unpaired) electrons. The van der Waals surface area contributed by atoms with E-state index < -0.39 is 17.7 Å². The molecule has 7 heteroatoms. The van der Waals surface area contributed by atoms with E-state index in [1.165, 1.54) is 19.1 Å². The van der Waals surface area contributed by atoms with Crippen LogP contribution in [-0.4, -0.2) is 37.6 Å². The first-order valence-corrected chi connectivity index (χ1v) is 11.2. The van der Waals surface area contributed by atoms with Crippen molar-refractivity contribution in [3.05, 3.63) is 89.0 Å². The number of aliphatic hydroxyl groups is 1. The Morgan fingerprint density at radius 2 is 1.71 bits per heavy atom. The molecule has 1 aliphatic rings. The Morgan fingerprint density at radius 1 is 0.943 bits per heavy atom. The van der Waals surface area contributed by atoms with E-state index in [4.69, 9.17) is 14.2 Å². The molecule has 0 saturated carbocycles. The monoisotopic (exact) mass is 473 g/mol. The topological polar surface area (TPSA) is 85.3 Å². The van der Waals surface area contributed by atoms with Crippen molar-refractivity contribution in [2.45, 2.75) is 19.9 Å². The molecular weight excluding hydrogens is 446 g/mol. The molecule has 0 aromatic heterocycles.